The highest BCUT2D eigenvalue weighted by molar-refractivity contribution is 6.22. The molecule has 0 aromatic heterocycles. The number of rotatable bonds is 3. The Morgan fingerprint density at radius 2 is 1.62 bits per heavy atom. The van der Waals surface area contributed by atoms with Gasteiger partial charge in [0.1, 0.15) is 5.75 Å². The van der Waals surface area contributed by atoms with Gasteiger partial charge in [-0.2, -0.15) is 0 Å². The molecule has 3 aliphatic rings. The van der Waals surface area contributed by atoms with E-state index in [1.807, 2.05) is 31.2 Å². The Morgan fingerprint density at radius 3 is 2.14 bits per heavy atom. The first-order chi connectivity index (χ1) is 10.2. The van der Waals surface area contributed by atoms with E-state index in [-0.39, 0.29) is 23.7 Å². The molecule has 4 atom stereocenters. The van der Waals surface area contributed by atoms with Crippen molar-refractivity contribution in [2.24, 2.45) is 23.7 Å². The van der Waals surface area contributed by atoms with E-state index in [2.05, 4.69) is 0 Å². The van der Waals surface area contributed by atoms with Crippen LogP contribution in [0.2, 0.25) is 0 Å². The molecule has 1 heterocycles. The third kappa shape index (κ3) is 1.74. The van der Waals surface area contributed by atoms with Gasteiger partial charge in [0.15, 0.2) is 0 Å². The predicted molar refractivity (Wildman–Crippen MR) is 77.9 cm³/mol. The molecule has 0 radical (unpaired) electrons. The van der Waals surface area contributed by atoms with Crippen molar-refractivity contribution in [3.05, 3.63) is 24.3 Å². The van der Waals surface area contributed by atoms with Crippen LogP contribution in [0.15, 0.2) is 24.3 Å². The van der Waals surface area contributed by atoms with Crippen molar-refractivity contribution in [3.63, 3.8) is 0 Å². The lowest BCUT2D eigenvalue weighted by Gasteiger charge is -2.19. The van der Waals surface area contributed by atoms with Crippen LogP contribution in [-0.2, 0) is 9.59 Å². The van der Waals surface area contributed by atoms with E-state index < -0.39 is 0 Å². The molecule has 4 nitrogen and oxygen atoms in total. The van der Waals surface area contributed by atoms with Crippen LogP contribution in [-0.4, -0.2) is 18.4 Å². The quantitative estimate of drug-likeness (QED) is 0.802. The molecule has 110 valence electrons. The van der Waals surface area contributed by atoms with E-state index in [1.54, 1.807) is 0 Å². The fourth-order valence-corrected chi connectivity index (χ4v) is 4.52. The summed E-state index contributed by atoms with van der Waals surface area (Å²) in [5.41, 5.74) is 0.683. The standard InChI is InChI=1S/C17H19NO3/c1-2-21-13-7-5-12(6-8-13)18-16(19)14-10-3-4-11(9-10)15(14)17(18)20/h5-8,10-11,14-15H,2-4,9H2,1H3/t10-,11+,14+,15-. The van der Waals surface area contributed by atoms with Crippen LogP contribution in [0.4, 0.5) is 5.69 Å². The second kappa shape index (κ2) is 4.58. The summed E-state index contributed by atoms with van der Waals surface area (Å²) in [6, 6.07) is 7.26. The molecular formula is C17H19NO3. The molecule has 1 saturated heterocycles. The zero-order chi connectivity index (χ0) is 14.6. The number of amides is 2. The number of fused-ring (bicyclic) bond motifs is 5. The number of carbonyl (C=O) groups is 2. The Labute approximate surface area is 124 Å². The van der Waals surface area contributed by atoms with Crippen LogP contribution in [0.5, 0.6) is 5.75 Å². The number of nitrogens with zero attached hydrogens (tertiary/aromatic N) is 1. The highest BCUT2D eigenvalue weighted by Gasteiger charge is 2.61. The average Bonchev–Trinajstić information content (AvgIpc) is 3.15. The molecule has 2 amide bonds. The van der Waals surface area contributed by atoms with Gasteiger partial charge in [0.25, 0.3) is 0 Å². The van der Waals surface area contributed by atoms with Crippen molar-refractivity contribution in [1.29, 1.82) is 0 Å². The minimum atomic E-state index is -0.0529. The summed E-state index contributed by atoms with van der Waals surface area (Å²) in [5.74, 6) is 1.56. The molecule has 4 heteroatoms. The second-order valence-corrected chi connectivity index (χ2v) is 6.32. The summed E-state index contributed by atoms with van der Waals surface area (Å²) in [5, 5.41) is 0. The Balaban J connectivity index is 1.64. The first-order valence-electron chi connectivity index (χ1n) is 7.81. The van der Waals surface area contributed by atoms with Crippen LogP contribution in [0.25, 0.3) is 0 Å². The molecule has 2 saturated carbocycles. The van der Waals surface area contributed by atoms with Gasteiger partial charge in [-0.15, -0.1) is 0 Å². The third-order valence-electron chi connectivity index (χ3n) is 5.33. The Hall–Kier alpha value is -1.84. The van der Waals surface area contributed by atoms with Crippen molar-refractivity contribution < 1.29 is 14.3 Å². The van der Waals surface area contributed by atoms with Crippen LogP contribution in [0.1, 0.15) is 26.2 Å². The number of anilines is 1. The lowest BCUT2D eigenvalue weighted by molar-refractivity contribution is -0.123. The molecule has 3 fully saturated rings. The van der Waals surface area contributed by atoms with Crippen LogP contribution in [0, 0.1) is 23.7 Å². The van der Waals surface area contributed by atoms with Crippen LogP contribution < -0.4 is 9.64 Å². The van der Waals surface area contributed by atoms with Gasteiger partial charge in [0.05, 0.1) is 24.1 Å². The minimum absolute atomic E-state index is 0.0151. The molecule has 0 spiro atoms. The summed E-state index contributed by atoms with van der Waals surface area (Å²) >= 11 is 0. The van der Waals surface area contributed by atoms with Crippen LogP contribution >= 0.6 is 0 Å². The molecule has 4 rings (SSSR count). The molecule has 21 heavy (non-hydrogen) atoms. The van der Waals surface area contributed by atoms with E-state index in [0.29, 0.717) is 24.1 Å². The Kier molecular flexibility index (Phi) is 2.81. The van der Waals surface area contributed by atoms with Crippen molar-refractivity contribution in [2.45, 2.75) is 26.2 Å². The number of benzene rings is 1. The molecule has 1 aromatic rings. The average molecular weight is 285 g/mol. The van der Waals surface area contributed by atoms with Gasteiger partial charge < -0.3 is 4.74 Å². The normalized spacial score (nSPS) is 33.7. The maximum Gasteiger partial charge on any atom is 0.237 e. The summed E-state index contributed by atoms with van der Waals surface area (Å²) in [7, 11) is 0. The fraction of sp³-hybridized carbons (Fsp3) is 0.529. The Bertz CT molecular complexity index is 567. The van der Waals surface area contributed by atoms with Gasteiger partial charge in [-0.05, 0) is 62.3 Å². The molecule has 1 aliphatic heterocycles. The molecule has 1 aromatic carbocycles. The SMILES string of the molecule is CCOc1ccc(N2C(=O)[C@@H]3[C@H]4CC[C@H](C4)[C@@H]3C2=O)cc1. The van der Waals surface area contributed by atoms with Crippen LogP contribution in [0.3, 0.4) is 0 Å². The van der Waals surface area contributed by atoms with Gasteiger partial charge >= 0.3 is 0 Å². The van der Waals surface area contributed by atoms with Gasteiger partial charge in [0.2, 0.25) is 11.8 Å². The number of ether oxygens (including phenoxy) is 1. The number of carbonyl (C=O) groups excluding carboxylic acids is 2. The summed E-state index contributed by atoms with van der Waals surface area (Å²) in [6.45, 7) is 2.53. The van der Waals surface area contributed by atoms with E-state index in [0.717, 1.165) is 25.0 Å². The molecule has 2 bridgehead atoms. The minimum Gasteiger partial charge on any atom is -0.494 e. The molecule has 0 N–H and O–H groups in total. The molecule has 0 unspecified atom stereocenters. The van der Waals surface area contributed by atoms with E-state index in [4.69, 9.17) is 4.74 Å². The highest BCUT2D eigenvalue weighted by atomic mass is 16.5. The van der Waals surface area contributed by atoms with Crippen molar-refractivity contribution in [3.8, 4) is 5.75 Å². The third-order valence-corrected chi connectivity index (χ3v) is 5.33. The highest BCUT2D eigenvalue weighted by Crippen LogP contribution is 2.56. The van der Waals surface area contributed by atoms with E-state index in [1.165, 1.54) is 4.90 Å². The zero-order valence-electron chi connectivity index (χ0n) is 12.1. The van der Waals surface area contributed by atoms with Gasteiger partial charge in [-0.25, -0.2) is 0 Å². The van der Waals surface area contributed by atoms with E-state index >= 15 is 0 Å². The van der Waals surface area contributed by atoms with Crippen molar-refractivity contribution in [2.75, 3.05) is 11.5 Å². The van der Waals surface area contributed by atoms with Crippen molar-refractivity contribution in [1.82, 2.24) is 0 Å². The Morgan fingerprint density at radius 1 is 1.05 bits per heavy atom. The second-order valence-electron chi connectivity index (χ2n) is 6.32. The largest absolute Gasteiger partial charge is 0.494 e. The number of imide groups is 1. The first kappa shape index (κ1) is 12.9. The van der Waals surface area contributed by atoms with Gasteiger partial charge in [-0.3, -0.25) is 14.5 Å². The molecule has 2 aliphatic carbocycles. The first-order valence-corrected chi connectivity index (χ1v) is 7.81. The van der Waals surface area contributed by atoms with Gasteiger partial charge in [0, 0.05) is 0 Å². The monoisotopic (exact) mass is 285 g/mol. The smallest absolute Gasteiger partial charge is 0.237 e. The summed E-state index contributed by atoms with van der Waals surface area (Å²) < 4.78 is 5.41. The predicted octanol–water partition coefficient (Wildman–Crippen LogP) is 2.62. The number of hydrogen-bond acceptors (Lipinski definition) is 3. The van der Waals surface area contributed by atoms with E-state index in [9.17, 15) is 9.59 Å². The number of hydrogen-bond donors (Lipinski definition) is 0. The maximum atomic E-state index is 12.7. The summed E-state index contributed by atoms with van der Waals surface area (Å²) in [6.07, 6.45) is 3.30. The lowest BCUT2D eigenvalue weighted by Crippen LogP contribution is -2.32. The lowest BCUT2D eigenvalue weighted by atomic mass is 9.81. The topological polar surface area (TPSA) is 46.6 Å². The summed E-state index contributed by atoms with van der Waals surface area (Å²) in [4.78, 5) is 26.8. The fourth-order valence-electron chi connectivity index (χ4n) is 4.52. The maximum absolute atomic E-state index is 12.7. The zero-order valence-corrected chi connectivity index (χ0v) is 12.1. The van der Waals surface area contributed by atoms with Gasteiger partial charge in [-0.1, -0.05) is 0 Å². The van der Waals surface area contributed by atoms with Crippen molar-refractivity contribution >= 4 is 17.5 Å². The molecular weight excluding hydrogens is 266 g/mol.